The summed E-state index contributed by atoms with van der Waals surface area (Å²) < 4.78 is 13.8. The SMILES string of the molecule is CC(C)(C)[Si](C)(C)OCCC1=C2CC[C@H](O[Si](C)(C)C(C)(C)C)[C@@]2(C)C=CC1=CN1CCCCC1. The molecule has 2 atom stereocenters. The zero-order chi connectivity index (χ0) is 26.3. The van der Waals surface area contributed by atoms with Gasteiger partial charge in [-0.15, -0.1) is 0 Å². The van der Waals surface area contributed by atoms with Crippen LogP contribution in [0.15, 0.2) is 35.1 Å². The molecule has 35 heavy (non-hydrogen) atoms. The van der Waals surface area contributed by atoms with Gasteiger partial charge in [-0.3, -0.25) is 0 Å². The van der Waals surface area contributed by atoms with E-state index in [4.69, 9.17) is 8.85 Å². The highest BCUT2D eigenvalue weighted by Crippen LogP contribution is 2.53. The van der Waals surface area contributed by atoms with E-state index in [1.54, 1.807) is 11.1 Å². The van der Waals surface area contributed by atoms with Crippen LogP contribution in [0.4, 0.5) is 0 Å². The normalized spacial score (nSPS) is 27.7. The highest BCUT2D eigenvalue weighted by Gasteiger charge is 2.49. The molecular weight excluding hydrogens is 463 g/mol. The molecule has 0 N–H and O–H groups in total. The summed E-state index contributed by atoms with van der Waals surface area (Å²) in [5, 5.41) is 0.473. The number of allylic oxidation sites excluding steroid dienone is 2. The van der Waals surface area contributed by atoms with Gasteiger partial charge in [0, 0.05) is 31.3 Å². The van der Waals surface area contributed by atoms with Gasteiger partial charge >= 0.3 is 0 Å². The van der Waals surface area contributed by atoms with Gasteiger partial charge in [-0.05, 0) is 92.9 Å². The number of hydrogen-bond donors (Lipinski definition) is 0. The second kappa shape index (κ2) is 10.3. The molecule has 2 fully saturated rings. The fourth-order valence-electron chi connectivity index (χ4n) is 5.26. The average molecular weight is 518 g/mol. The highest BCUT2D eigenvalue weighted by molar-refractivity contribution is 6.74. The van der Waals surface area contributed by atoms with E-state index in [9.17, 15) is 0 Å². The standard InChI is InChI=1S/C30H55NO2Si2/c1-28(2,3)34(8,9)32-22-18-25-24(23-31-20-13-12-14-21-31)17-19-30(7)26(25)15-16-27(30)33-35(10,11)29(4,5)6/h17,19,23,27H,12-16,18,20-22H2,1-11H3/t27-,30-/m0/s1. The third-order valence-corrected chi connectivity index (χ3v) is 18.9. The van der Waals surface area contributed by atoms with E-state index in [1.807, 2.05) is 0 Å². The largest absolute Gasteiger partial charge is 0.416 e. The summed E-state index contributed by atoms with van der Waals surface area (Å²) in [6, 6.07) is 0. The first-order chi connectivity index (χ1) is 16.0. The van der Waals surface area contributed by atoms with E-state index >= 15 is 0 Å². The van der Waals surface area contributed by atoms with Gasteiger partial charge in [0.15, 0.2) is 16.6 Å². The minimum atomic E-state index is -1.84. The van der Waals surface area contributed by atoms with Crippen LogP contribution in [0.2, 0.25) is 36.3 Å². The van der Waals surface area contributed by atoms with Crippen LogP contribution in [0.5, 0.6) is 0 Å². The van der Waals surface area contributed by atoms with Gasteiger partial charge in [0.1, 0.15) is 0 Å². The van der Waals surface area contributed by atoms with E-state index in [0.29, 0.717) is 0 Å². The van der Waals surface area contributed by atoms with E-state index in [-0.39, 0.29) is 21.6 Å². The van der Waals surface area contributed by atoms with Crippen molar-refractivity contribution in [1.29, 1.82) is 0 Å². The van der Waals surface area contributed by atoms with Gasteiger partial charge in [0.25, 0.3) is 0 Å². The number of fused-ring (bicyclic) bond motifs is 1. The number of piperidine rings is 1. The zero-order valence-corrected chi connectivity index (χ0v) is 26.9. The third-order valence-electron chi connectivity index (χ3n) is 9.87. The summed E-state index contributed by atoms with van der Waals surface area (Å²) in [5.41, 5.74) is 4.58. The van der Waals surface area contributed by atoms with Crippen molar-refractivity contribution in [3.63, 3.8) is 0 Å². The van der Waals surface area contributed by atoms with E-state index in [0.717, 1.165) is 25.9 Å². The number of hydrogen-bond acceptors (Lipinski definition) is 3. The number of rotatable bonds is 7. The van der Waals surface area contributed by atoms with Crippen LogP contribution in [-0.2, 0) is 8.85 Å². The van der Waals surface area contributed by atoms with Gasteiger partial charge in [-0.25, -0.2) is 0 Å². The topological polar surface area (TPSA) is 21.7 Å². The highest BCUT2D eigenvalue weighted by atomic mass is 28.4. The Morgan fingerprint density at radius 3 is 2.14 bits per heavy atom. The predicted octanol–water partition coefficient (Wildman–Crippen LogP) is 8.83. The Morgan fingerprint density at radius 2 is 1.57 bits per heavy atom. The Hall–Kier alpha value is -0.626. The van der Waals surface area contributed by atoms with E-state index < -0.39 is 16.6 Å². The maximum atomic E-state index is 7.07. The van der Waals surface area contributed by atoms with Crippen molar-refractivity contribution >= 4 is 16.6 Å². The fourth-order valence-corrected chi connectivity index (χ4v) is 7.73. The molecule has 0 aromatic heterocycles. The molecule has 3 nitrogen and oxygen atoms in total. The van der Waals surface area contributed by atoms with Crippen LogP contribution in [0.25, 0.3) is 0 Å². The van der Waals surface area contributed by atoms with Crippen LogP contribution in [-0.4, -0.2) is 47.3 Å². The molecule has 0 unspecified atom stereocenters. The molecule has 1 heterocycles. The summed E-state index contributed by atoms with van der Waals surface area (Å²) in [7, 11) is -3.60. The molecule has 5 heteroatoms. The molecule has 3 aliphatic rings. The van der Waals surface area contributed by atoms with Gasteiger partial charge in [0.05, 0.1) is 6.10 Å². The second-order valence-corrected chi connectivity index (χ2v) is 24.1. The molecule has 1 aliphatic heterocycles. The molecule has 1 saturated heterocycles. The maximum absolute atomic E-state index is 7.07. The summed E-state index contributed by atoms with van der Waals surface area (Å²) in [6.45, 7) is 29.3. The van der Waals surface area contributed by atoms with Crippen LogP contribution in [0, 0.1) is 5.41 Å². The van der Waals surface area contributed by atoms with Crippen molar-refractivity contribution in [2.75, 3.05) is 19.7 Å². The lowest BCUT2D eigenvalue weighted by atomic mass is 9.74. The number of likely N-dealkylation sites (tertiary alicyclic amines) is 1. The fraction of sp³-hybridized carbons (Fsp3) is 0.800. The van der Waals surface area contributed by atoms with Gasteiger partial charge in [-0.2, -0.15) is 0 Å². The molecule has 0 radical (unpaired) electrons. The Balaban J connectivity index is 1.90. The van der Waals surface area contributed by atoms with E-state index in [1.165, 1.54) is 37.9 Å². The van der Waals surface area contributed by atoms with Crippen molar-refractivity contribution in [1.82, 2.24) is 4.90 Å². The summed E-state index contributed by atoms with van der Waals surface area (Å²) in [5.74, 6) is 0. The quantitative estimate of drug-likeness (QED) is 0.315. The van der Waals surface area contributed by atoms with Crippen LogP contribution < -0.4 is 0 Å². The molecule has 2 aliphatic carbocycles. The van der Waals surface area contributed by atoms with Gasteiger partial charge in [0.2, 0.25) is 0 Å². The van der Waals surface area contributed by atoms with E-state index in [2.05, 4.69) is 97.9 Å². The lowest BCUT2D eigenvalue weighted by Gasteiger charge is -2.43. The second-order valence-electron chi connectivity index (χ2n) is 14.5. The molecule has 0 aromatic rings. The van der Waals surface area contributed by atoms with Gasteiger partial charge < -0.3 is 13.8 Å². The van der Waals surface area contributed by atoms with Crippen molar-refractivity contribution in [2.24, 2.45) is 5.41 Å². The van der Waals surface area contributed by atoms with Crippen LogP contribution >= 0.6 is 0 Å². The first-order valence-electron chi connectivity index (χ1n) is 14.2. The first-order valence-corrected chi connectivity index (χ1v) is 20.0. The Morgan fingerprint density at radius 1 is 0.971 bits per heavy atom. The molecule has 3 rings (SSSR count). The lowest BCUT2D eigenvalue weighted by molar-refractivity contribution is 0.120. The molecule has 1 saturated carbocycles. The van der Waals surface area contributed by atoms with Gasteiger partial charge in [-0.1, -0.05) is 59.3 Å². The number of nitrogens with zero attached hydrogens (tertiary/aromatic N) is 1. The van der Waals surface area contributed by atoms with Crippen molar-refractivity contribution < 1.29 is 8.85 Å². The molecule has 0 amide bonds. The van der Waals surface area contributed by atoms with Crippen LogP contribution in [0.1, 0.15) is 87.0 Å². The smallest absolute Gasteiger partial charge is 0.192 e. The summed E-state index contributed by atoms with van der Waals surface area (Å²) in [6.07, 6.45) is 14.9. The molecule has 200 valence electrons. The molecule has 0 spiro atoms. The van der Waals surface area contributed by atoms with Crippen molar-refractivity contribution in [3.8, 4) is 0 Å². The van der Waals surface area contributed by atoms with Crippen LogP contribution in [0.3, 0.4) is 0 Å². The predicted molar refractivity (Wildman–Crippen MR) is 157 cm³/mol. The van der Waals surface area contributed by atoms with Crippen molar-refractivity contribution in [2.45, 2.75) is 129 Å². The third kappa shape index (κ3) is 6.27. The average Bonchev–Trinajstić information content (AvgIpc) is 3.04. The summed E-state index contributed by atoms with van der Waals surface area (Å²) in [4.78, 5) is 2.56. The Kier molecular flexibility index (Phi) is 8.49. The molecule has 0 bridgehead atoms. The monoisotopic (exact) mass is 517 g/mol. The minimum Gasteiger partial charge on any atom is -0.416 e. The zero-order valence-electron chi connectivity index (χ0n) is 24.9. The Labute approximate surface area is 219 Å². The lowest BCUT2D eigenvalue weighted by Crippen LogP contribution is -2.47. The first kappa shape index (κ1) is 28.9. The minimum absolute atomic E-state index is 0.00106. The van der Waals surface area contributed by atoms with Crippen molar-refractivity contribution in [3.05, 3.63) is 35.1 Å². The molecule has 0 aromatic carbocycles. The Bertz CT molecular complexity index is 851. The molecular formula is C30H55NO2Si2. The maximum Gasteiger partial charge on any atom is 0.192 e. The summed E-state index contributed by atoms with van der Waals surface area (Å²) >= 11 is 0.